The second-order valence-corrected chi connectivity index (χ2v) is 15.8. The minimum absolute atomic E-state index is 0.231. The summed E-state index contributed by atoms with van der Waals surface area (Å²) in [6, 6.07) is 13.9. The fourth-order valence-electron chi connectivity index (χ4n) is 4.62. The third-order valence-electron chi connectivity index (χ3n) is 7.75. The van der Waals surface area contributed by atoms with Crippen molar-refractivity contribution in [3.63, 3.8) is 0 Å². The van der Waals surface area contributed by atoms with Crippen LogP contribution in [0.4, 0.5) is 9.59 Å². The number of benzene rings is 2. The molecule has 1 saturated heterocycles. The maximum Gasteiger partial charge on any atom is 0.492 e. The van der Waals surface area contributed by atoms with Crippen LogP contribution >= 0.6 is 15.9 Å². The zero-order valence-electron chi connectivity index (χ0n) is 29.8. The number of amides is 2. The van der Waals surface area contributed by atoms with E-state index in [2.05, 4.69) is 15.9 Å². The molecule has 3 aliphatic rings. The minimum Gasteiger partial charge on any atom is -0.508 e. The van der Waals surface area contributed by atoms with Gasteiger partial charge in [0.05, 0.1) is 11.2 Å². The van der Waals surface area contributed by atoms with E-state index >= 15 is 0 Å². The summed E-state index contributed by atoms with van der Waals surface area (Å²) in [7, 11) is -0.387. The van der Waals surface area contributed by atoms with E-state index in [1.54, 1.807) is 46.2 Å². The SMILES string of the molecule is CC(C)(C)OC(=O)N1CC=C(B2OC(C)(C)C(C)(C)O2)C1.CC(C)(C)OC(=O)N1CC=C(c2cccc(O)c2)C1.Oc1cccc(Br)c1. The lowest BCUT2D eigenvalue weighted by atomic mass is 9.79. The first-order valence-corrected chi connectivity index (χ1v) is 16.8. The van der Waals surface area contributed by atoms with Gasteiger partial charge in [-0.25, -0.2) is 9.59 Å². The summed E-state index contributed by atoms with van der Waals surface area (Å²) in [5.41, 5.74) is 1.26. The number of aromatic hydroxyl groups is 2. The minimum atomic E-state index is -0.482. The standard InChI is InChI=1S/C15H26BNO4.C15H19NO3.C6H5BrO/c1-13(2,3)19-12(18)17-9-8-11(10-17)16-20-14(4,5)15(6,7)21-16;1-15(2,3)19-14(18)16-8-7-12(10-16)11-5-4-6-13(17)9-11;7-5-2-1-3-6(8)4-5/h8H,9-10H2,1-7H3;4-7,9,17H,8,10H2,1-3H3;1-4,8H. The van der Waals surface area contributed by atoms with Crippen LogP contribution in [-0.2, 0) is 18.8 Å². The lowest BCUT2D eigenvalue weighted by Gasteiger charge is -2.32. The van der Waals surface area contributed by atoms with Gasteiger partial charge >= 0.3 is 19.3 Å². The van der Waals surface area contributed by atoms with Gasteiger partial charge in [0.15, 0.2) is 0 Å². The van der Waals surface area contributed by atoms with Crippen molar-refractivity contribution in [2.75, 3.05) is 26.2 Å². The molecule has 0 radical (unpaired) electrons. The van der Waals surface area contributed by atoms with E-state index in [9.17, 15) is 14.7 Å². The third-order valence-corrected chi connectivity index (χ3v) is 8.24. The van der Waals surface area contributed by atoms with Crippen LogP contribution in [0, 0.1) is 0 Å². The number of rotatable bonds is 2. The van der Waals surface area contributed by atoms with Crippen LogP contribution in [0.3, 0.4) is 0 Å². The lowest BCUT2D eigenvalue weighted by molar-refractivity contribution is 0.00578. The van der Waals surface area contributed by atoms with Crippen molar-refractivity contribution in [3.8, 4) is 11.5 Å². The molecular weight excluding hydrogens is 679 g/mol. The molecule has 12 heteroatoms. The molecule has 3 heterocycles. The Kier molecular flexibility index (Phi) is 12.5. The summed E-state index contributed by atoms with van der Waals surface area (Å²) >= 11 is 3.20. The summed E-state index contributed by atoms with van der Waals surface area (Å²) in [5.74, 6) is 0.522. The highest BCUT2D eigenvalue weighted by Gasteiger charge is 2.53. The predicted molar refractivity (Wildman–Crippen MR) is 192 cm³/mol. The molecule has 2 amide bonds. The second kappa shape index (κ2) is 15.4. The van der Waals surface area contributed by atoms with Crippen molar-refractivity contribution in [2.24, 2.45) is 0 Å². The normalized spacial score (nSPS) is 18.2. The van der Waals surface area contributed by atoms with Gasteiger partial charge in [-0.1, -0.05) is 46.3 Å². The molecule has 0 atom stereocenters. The average molecular weight is 730 g/mol. The zero-order valence-corrected chi connectivity index (χ0v) is 31.4. The number of phenols is 2. The maximum atomic E-state index is 12.1. The Morgan fingerprint density at radius 1 is 0.771 bits per heavy atom. The number of carbonyl (C=O) groups is 2. The summed E-state index contributed by atoms with van der Waals surface area (Å²) in [6.45, 7) is 21.3. The number of hydrogen-bond donors (Lipinski definition) is 2. The first-order chi connectivity index (χ1) is 22.0. The molecule has 0 saturated carbocycles. The van der Waals surface area contributed by atoms with Gasteiger partial charge in [-0.15, -0.1) is 0 Å². The predicted octanol–water partition coefficient (Wildman–Crippen LogP) is 7.98. The van der Waals surface area contributed by atoms with E-state index in [4.69, 9.17) is 23.9 Å². The van der Waals surface area contributed by atoms with E-state index < -0.39 is 11.2 Å². The average Bonchev–Trinajstić information content (AvgIpc) is 3.66. The molecule has 0 bridgehead atoms. The smallest absolute Gasteiger partial charge is 0.492 e. The molecule has 0 spiro atoms. The Balaban J connectivity index is 0.000000213. The van der Waals surface area contributed by atoms with E-state index in [0.29, 0.717) is 31.9 Å². The fourth-order valence-corrected chi connectivity index (χ4v) is 5.01. The maximum absolute atomic E-state index is 12.1. The van der Waals surface area contributed by atoms with Gasteiger partial charge in [0.1, 0.15) is 22.7 Å². The largest absolute Gasteiger partial charge is 0.508 e. The molecule has 10 nitrogen and oxygen atoms in total. The van der Waals surface area contributed by atoms with Gasteiger partial charge in [-0.3, -0.25) is 0 Å². The highest BCUT2D eigenvalue weighted by Crippen LogP contribution is 2.39. The number of carbonyl (C=O) groups excluding carboxylic acids is 2. The van der Waals surface area contributed by atoms with Crippen LogP contribution in [0.5, 0.6) is 11.5 Å². The Morgan fingerprint density at radius 2 is 1.25 bits per heavy atom. The van der Waals surface area contributed by atoms with Crippen LogP contribution in [0.1, 0.15) is 74.8 Å². The number of hydrogen-bond acceptors (Lipinski definition) is 8. The van der Waals surface area contributed by atoms with Gasteiger partial charge in [0, 0.05) is 30.7 Å². The molecule has 1 fully saturated rings. The van der Waals surface area contributed by atoms with Crippen LogP contribution in [0.2, 0.25) is 0 Å². The topological polar surface area (TPSA) is 118 Å². The fraction of sp³-hybridized carbons (Fsp3) is 0.500. The van der Waals surface area contributed by atoms with Crippen LogP contribution < -0.4 is 0 Å². The van der Waals surface area contributed by atoms with Gasteiger partial charge < -0.3 is 38.8 Å². The highest BCUT2D eigenvalue weighted by molar-refractivity contribution is 9.10. The molecule has 0 aliphatic carbocycles. The number of ether oxygens (including phenoxy) is 2. The van der Waals surface area contributed by atoms with E-state index in [0.717, 1.165) is 21.1 Å². The number of phenolic OH excluding ortho intramolecular Hbond substituents is 2. The zero-order chi connectivity index (χ0) is 36.1. The summed E-state index contributed by atoms with van der Waals surface area (Å²) < 4.78 is 23.6. The van der Waals surface area contributed by atoms with Gasteiger partial charge in [0.25, 0.3) is 0 Å². The molecule has 5 rings (SSSR count). The van der Waals surface area contributed by atoms with E-state index in [-0.39, 0.29) is 36.3 Å². The first-order valence-electron chi connectivity index (χ1n) is 16.0. The van der Waals surface area contributed by atoms with Gasteiger partial charge in [0.2, 0.25) is 0 Å². The Labute approximate surface area is 294 Å². The Bertz CT molecular complexity index is 1480. The van der Waals surface area contributed by atoms with E-state index in [1.807, 2.05) is 93.5 Å². The van der Waals surface area contributed by atoms with Crippen molar-refractivity contribution in [1.29, 1.82) is 0 Å². The quantitative estimate of drug-likeness (QED) is 0.299. The molecule has 2 aromatic rings. The van der Waals surface area contributed by atoms with E-state index in [1.165, 1.54) is 0 Å². The van der Waals surface area contributed by atoms with Crippen LogP contribution in [-0.4, -0.2) is 87.9 Å². The third kappa shape index (κ3) is 11.6. The van der Waals surface area contributed by atoms with Gasteiger partial charge in [-0.05, 0) is 116 Å². The lowest BCUT2D eigenvalue weighted by Crippen LogP contribution is -2.41. The number of halogens is 1. The molecule has 2 N–H and O–H groups in total. The van der Waals surface area contributed by atoms with Crippen LogP contribution in [0.15, 0.2) is 70.6 Å². The first kappa shape index (κ1) is 39.0. The van der Waals surface area contributed by atoms with Crippen molar-refractivity contribution < 1.29 is 38.6 Å². The monoisotopic (exact) mass is 728 g/mol. The number of nitrogens with zero attached hydrogens (tertiary/aromatic N) is 2. The molecule has 0 aromatic heterocycles. The van der Waals surface area contributed by atoms with Gasteiger partial charge in [-0.2, -0.15) is 0 Å². The van der Waals surface area contributed by atoms with Crippen molar-refractivity contribution >= 4 is 40.8 Å². The molecule has 3 aliphatic heterocycles. The molecule has 2 aromatic carbocycles. The van der Waals surface area contributed by atoms with Crippen molar-refractivity contribution in [1.82, 2.24) is 9.80 Å². The summed E-state index contributed by atoms with van der Waals surface area (Å²) in [6.07, 6.45) is 3.37. The highest BCUT2D eigenvalue weighted by atomic mass is 79.9. The summed E-state index contributed by atoms with van der Waals surface area (Å²) in [4.78, 5) is 27.3. The second-order valence-electron chi connectivity index (χ2n) is 14.8. The van der Waals surface area contributed by atoms with Crippen LogP contribution in [0.25, 0.3) is 5.57 Å². The molecule has 262 valence electrons. The van der Waals surface area contributed by atoms with Crippen molar-refractivity contribution in [2.45, 2.75) is 91.6 Å². The molecule has 48 heavy (non-hydrogen) atoms. The molecule has 0 unspecified atom stereocenters. The Morgan fingerprint density at radius 3 is 1.71 bits per heavy atom. The molecular formula is C36H50BBrN2O8. The summed E-state index contributed by atoms with van der Waals surface area (Å²) in [5, 5.41) is 18.3. The Hall–Kier alpha value is -3.48. The van der Waals surface area contributed by atoms with Crippen molar-refractivity contribution in [3.05, 3.63) is 76.2 Å².